The van der Waals surface area contributed by atoms with Crippen molar-refractivity contribution < 1.29 is 0 Å². The van der Waals surface area contributed by atoms with E-state index in [1.807, 2.05) is 11.6 Å². The molecule has 2 rings (SSSR count). The van der Waals surface area contributed by atoms with E-state index in [4.69, 9.17) is 0 Å². The first-order valence-electron chi connectivity index (χ1n) is 5.78. The minimum absolute atomic E-state index is 0.761. The molecular weight excluding hydrogens is 234 g/mol. The van der Waals surface area contributed by atoms with E-state index >= 15 is 0 Å². The molecule has 0 aliphatic rings. The van der Waals surface area contributed by atoms with Gasteiger partial charge in [0, 0.05) is 24.9 Å². The van der Waals surface area contributed by atoms with Crippen molar-refractivity contribution in [2.75, 3.05) is 6.54 Å². The van der Waals surface area contributed by atoms with Crippen LogP contribution in [-0.2, 0) is 19.5 Å². The summed E-state index contributed by atoms with van der Waals surface area (Å²) in [5.41, 5.74) is 1.16. The van der Waals surface area contributed by atoms with Gasteiger partial charge in [0.15, 0.2) is 0 Å². The summed E-state index contributed by atoms with van der Waals surface area (Å²) in [7, 11) is 0. The third-order valence-corrected chi connectivity index (χ3v) is 3.33. The zero-order valence-corrected chi connectivity index (χ0v) is 11.0. The van der Waals surface area contributed by atoms with Gasteiger partial charge in [-0.05, 0) is 13.8 Å². The van der Waals surface area contributed by atoms with Crippen LogP contribution < -0.4 is 5.32 Å². The molecule has 0 aliphatic carbocycles. The van der Waals surface area contributed by atoms with Crippen LogP contribution in [0.25, 0.3) is 0 Å². The zero-order valence-electron chi connectivity index (χ0n) is 10.2. The summed E-state index contributed by atoms with van der Waals surface area (Å²) in [5.74, 6) is 0.988. The van der Waals surface area contributed by atoms with Crippen molar-refractivity contribution in [2.45, 2.75) is 33.4 Å². The van der Waals surface area contributed by atoms with Crippen LogP contribution in [0.1, 0.15) is 23.4 Å². The normalized spacial score (nSPS) is 10.9. The lowest BCUT2D eigenvalue weighted by Crippen LogP contribution is -2.20. The Morgan fingerprint density at radius 2 is 2.35 bits per heavy atom. The number of nitrogens with zero attached hydrogens (tertiary/aromatic N) is 4. The Kier molecular flexibility index (Phi) is 4.22. The fourth-order valence-corrected chi connectivity index (χ4v) is 2.28. The number of rotatable bonds is 6. The van der Waals surface area contributed by atoms with E-state index in [0.29, 0.717) is 0 Å². The Bertz CT molecular complexity index is 462. The minimum atomic E-state index is 0.761. The molecular formula is C11H17N5S. The van der Waals surface area contributed by atoms with Gasteiger partial charge in [0.25, 0.3) is 0 Å². The van der Waals surface area contributed by atoms with Gasteiger partial charge in [-0.25, -0.2) is 14.6 Å². The SMILES string of the molecule is CCn1ncnc1CNCCc1csc(C)n1. The summed E-state index contributed by atoms with van der Waals surface area (Å²) in [5, 5.41) is 10.7. The molecule has 6 heteroatoms. The van der Waals surface area contributed by atoms with Gasteiger partial charge in [0.05, 0.1) is 17.2 Å². The first-order valence-corrected chi connectivity index (χ1v) is 6.66. The van der Waals surface area contributed by atoms with Crippen LogP contribution >= 0.6 is 11.3 Å². The summed E-state index contributed by atoms with van der Waals surface area (Å²) in [6.07, 6.45) is 2.56. The van der Waals surface area contributed by atoms with Crippen molar-refractivity contribution in [1.29, 1.82) is 0 Å². The van der Waals surface area contributed by atoms with E-state index in [0.717, 1.165) is 42.6 Å². The predicted octanol–water partition coefficient (Wildman–Crippen LogP) is 1.40. The second-order valence-corrected chi connectivity index (χ2v) is 4.84. The lowest BCUT2D eigenvalue weighted by Gasteiger charge is -2.04. The molecule has 0 fully saturated rings. The Labute approximate surface area is 105 Å². The van der Waals surface area contributed by atoms with Crippen molar-refractivity contribution >= 4 is 11.3 Å². The van der Waals surface area contributed by atoms with Crippen LogP contribution in [0.2, 0.25) is 0 Å². The summed E-state index contributed by atoms with van der Waals surface area (Å²) >= 11 is 1.70. The number of aromatic nitrogens is 4. The highest BCUT2D eigenvalue weighted by Gasteiger charge is 2.02. The third kappa shape index (κ3) is 3.34. The third-order valence-electron chi connectivity index (χ3n) is 2.50. The quantitative estimate of drug-likeness (QED) is 0.788. The van der Waals surface area contributed by atoms with Gasteiger partial charge in [0.2, 0.25) is 0 Å². The van der Waals surface area contributed by atoms with Gasteiger partial charge in [-0.15, -0.1) is 11.3 Å². The Morgan fingerprint density at radius 1 is 1.47 bits per heavy atom. The molecule has 2 aromatic heterocycles. The minimum Gasteiger partial charge on any atom is -0.309 e. The largest absolute Gasteiger partial charge is 0.309 e. The molecule has 0 saturated heterocycles. The average Bonchev–Trinajstić information content (AvgIpc) is 2.93. The Hall–Kier alpha value is -1.27. The van der Waals surface area contributed by atoms with Gasteiger partial charge < -0.3 is 5.32 Å². The molecule has 0 radical (unpaired) electrons. The van der Waals surface area contributed by atoms with Crippen molar-refractivity contribution in [3.05, 3.63) is 28.2 Å². The second kappa shape index (κ2) is 5.88. The van der Waals surface area contributed by atoms with E-state index in [9.17, 15) is 0 Å². The molecule has 0 atom stereocenters. The molecule has 5 nitrogen and oxygen atoms in total. The summed E-state index contributed by atoms with van der Waals surface area (Å²) in [6, 6.07) is 0. The maximum Gasteiger partial charge on any atom is 0.140 e. The highest BCUT2D eigenvalue weighted by Crippen LogP contribution is 2.07. The molecule has 2 aromatic rings. The molecule has 0 aromatic carbocycles. The highest BCUT2D eigenvalue weighted by molar-refractivity contribution is 7.09. The molecule has 0 aliphatic heterocycles. The smallest absolute Gasteiger partial charge is 0.140 e. The second-order valence-electron chi connectivity index (χ2n) is 3.78. The van der Waals surface area contributed by atoms with E-state index in [1.54, 1.807) is 17.7 Å². The number of aryl methyl sites for hydroxylation is 2. The predicted molar refractivity (Wildman–Crippen MR) is 68.0 cm³/mol. The molecule has 0 saturated carbocycles. The first-order chi connectivity index (χ1) is 8.29. The number of thiazole rings is 1. The van der Waals surface area contributed by atoms with Crippen LogP contribution in [-0.4, -0.2) is 26.3 Å². The van der Waals surface area contributed by atoms with Crippen LogP contribution in [0.3, 0.4) is 0 Å². The number of hydrogen-bond acceptors (Lipinski definition) is 5. The van der Waals surface area contributed by atoms with Gasteiger partial charge in [-0.1, -0.05) is 0 Å². The van der Waals surface area contributed by atoms with E-state index < -0.39 is 0 Å². The molecule has 17 heavy (non-hydrogen) atoms. The number of nitrogens with one attached hydrogen (secondary N) is 1. The van der Waals surface area contributed by atoms with Crippen molar-refractivity contribution in [3.63, 3.8) is 0 Å². The van der Waals surface area contributed by atoms with Crippen LogP contribution in [0.4, 0.5) is 0 Å². The molecule has 0 amide bonds. The standard InChI is InChI=1S/C11H17N5S/c1-3-16-11(13-8-14-16)6-12-5-4-10-7-17-9(2)15-10/h7-8,12H,3-6H2,1-2H3. The van der Waals surface area contributed by atoms with E-state index in [2.05, 4.69) is 32.7 Å². The molecule has 92 valence electrons. The zero-order chi connectivity index (χ0) is 12.1. The lowest BCUT2D eigenvalue weighted by molar-refractivity contribution is 0.572. The molecule has 0 bridgehead atoms. The molecule has 0 unspecified atom stereocenters. The van der Waals surface area contributed by atoms with Crippen LogP contribution in [0, 0.1) is 6.92 Å². The molecule has 1 N–H and O–H groups in total. The fourth-order valence-electron chi connectivity index (χ4n) is 1.63. The summed E-state index contributed by atoms with van der Waals surface area (Å²) in [4.78, 5) is 8.64. The summed E-state index contributed by atoms with van der Waals surface area (Å²) in [6.45, 7) is 6.64. The van der Waals surface area contributed by atoms with E-state index in [-0.39, 0.29) is 0 Å². The average molecular weight is 251 g/mol. The van der Waals surface area contributed by atoms with Gasteiger partial charge in [0.1, 0.15) is 12.2 Å². The van der Waals surface area contributed by atoms with Gasteiger partial charge in [-0.3, -0.25) is 0 Å². The van der Waals surface area contributed by atoms with Gasteiger partial charge in [-0.2, -0.15) is 5.10 Å². The van der Waals surface area contributed by atoms with Gasteiger partial charge >= 0.3 is 0 Å². The maximum absolute atomic E-state index is 4.42. The van der Waals surface area contributed by atoms with Crippen molar-refractivity contribution in [2.24, 2.45) is 0 Å². The topological polar surface area (TPSA) is 55.6 Å². The Balaban J connectivity index is 1.73. The van der Waals surface area contributed by atoms with Crippen LogP contribution in [0.5, 0.6) is 0 Å². The highest BCUT2D eigenvalue weighted by atomic mass is 32.1. The fraction of sp³-hybridized carbons (Fsp3) is 0.545. The molecule has 0 spiro atoms. The van der Waals surface area contributed by atoms with Crippen LogP contribution in [0.15, 0.2) is 11.7 Å². The Morgan fingerprint density at radius 3 is 3.06 bits per heavy atom. The molecule has 2 heterocycles. The number of hydrogen-bond donors (Lipinski definition) is 1. The van der Waals surface area contributed by atoms with E-state index in [1.165, 1.54) is 0 Å². The first kappa shape index (κ1) is 12.2. The van der Waals surface area contributed by atoms with Crippen molar-refractivity contribution in [1.82, 2.24) is 25.1 Å². The lowest BCUT2D eigenvalue weighted by atomic mass is 10.3. The summed E-state index contributed by atoms with van der Waals surface area (Å²) < 4.78 is 1.90. The monoisotopic (exact) mass is 251 g/mol. The maximum atomic E-state index is 4.42. The van der Waals surface area contributed by atoms with Crippen molar-refractivity contribution in [3.8, 4) is 0 Å².